The summed E-state index contributed by atoms with van der Waals surface area (Å²) < 4.78 is -2.01. The van der Waals surface area contributed by atoms with Crippen molar-refractivity contribution < 1.29 is 4.79 Å². The van der Waals surface area contributed by atoms with Gasteiger partial charge in [-0.25, -0.2) is 4.98 Å². The van der Waals surface area contributed by atoms with Gasteiger partial charge < -0.3 is 0 Å². The molecule has 0 saturated carbocycles. The van der Waals surface area contributed by atoms with Gasteiger partial charge in [0.15, 0.2) is 5.13 Å². The quantitative estimate of drug-likeness (QED) is 0.623. The molecule has 0 spiro atoms. The molecular formula is C15H9Cl3N2OS. The first kappa shape index (κ1) is 15.6. The molecule has 0 aliphatic carbocycles. The highest BCUT2D eigenvalue weighted by molar-refractivity contribution is 7.14. The van der Waals surface area contributed by atoms with Crippen LogP contribution in [-0.2, 0) is 4.79 Å². The Morgan fingerprint density at radius 3 is 2.59 bits per heavy atom. The molecule has 1 N–H and O–H groups in total. The Morgan fingerprint density at radius 1 is 1.09 bits per heavy atom. The molecule has 0 saturated heterocycles. The third kappa shape index (κ3) is 3.20. The van der Waals surface area contributed by atoms with Crippen LogP contribution in [0, 0.1) is 0 Å². The van der Waals surface area contributed by atoms with E-state index in [2.05, 4.69) is 10.3 Å². The van der Waals surface area contributed by atoms with Crippen LogP contribution in [-0.4, -0.2) is 14.7 Å². The number of halogens is 3. The van der Waals surface area contributed by atoms with Crippen molar-refractivity contribution in [2.24, 2.45) is 0 Å². The standard InChI is InChI=1S/C15H9Cl3N2OS/c16-15(17,18)13(21)20-14-19-12(8-22-14)11-7-3-5-9-4-1-2-6-10(9)11/h1-8H,(H,19,20,21). The van der Waals surface area contributed by atoms with Gasteiger partial charge in [-0.3, -0.25) is 10.1 Å². The van der Waals surface area contributed by atoms with Gasteiger partial charge in [-0.1, -0.05) is 77.3 Å². The number of nitrogens with zero attached hydrogens (tertiary/aromatic N) is 1. The zero-order valence-electron chi connectivity index (χ0n) is 11.0. The maximum atomic E-state index is 11.7. The Kier molecular flexibility index (Phi) is 4.28. The summed E-state index contributed by atoms with van der Waals surface area (Å²) >= 11 is 17.9. The van der Waals surface area contributed by atoms with Gasteiger partial charge in [0.05, 0.1) is 5.69 Å². The molecule has 0 aliphatic rings. The number of fused-ring (bicyclic) bond motifs is 1. The Morgan fingerprint density at radius 2 is 1.82 bits per heavy atom. The van der Waals surface area contributed by atoms with Crippen molar-refractivity contribution in [3.05, 3.63) is 47.8 Å². The highest BCUT2D eigenvalue weighted by atomic mass is 35.6. The number of nitrogens with one attached hydrogen (secondary N) is 1. The lowest BCUT2D eigenvalue weighted by molar-refractivity contribution is -0.115. The topological polar surface area (TPSA) is 42.0 Å². The van der Waals surface area contributed by atoms with E-state index in [1.165, 1.54) is 11.3 Å². The minimum absolute atomic E-state index is 0.388. The van der Waals surface area contributed by atoms with Crippen molar-refractivity contribution in [3.8, 4) is 11.3 Å². The lowest BCUT2D eigenvalue weighted by Gasteiger charge is -2.08. The summed E-state index contributed by atoms with van der Waals surface area (Å²) in [6.45, 7) is 0. The zero-order chi connectivity index (χ0) is 15.7. The van der Waals surface area contributed by atoms with Crippen LogP contribution in [0.4, 0.5) is 5.13 Å². The summed E-state index contributed by atoms with van der Waals surface area (Å²) in [5, 5.41) is 6.95. The predicted octanol–water partition coefficient (Wildman–Crippen LogP) is 5.27. The fourth-order valence-corrected chi connectivity index (χ4v) is 2.92. The van der Waals surface area contributed by atoms with Crippen LogP contribution >= 0.6 is 46.1 Å². The zero-order valence-corrected chi connectivity index (χ0v) is 14.1. The number of benzene rings is 2. The SMILES string of the molecule is O=C(Nc1nc(-c2cccc3ccccc23)cs1)C(Cl)(Cl)Cl. The number of amides is 1. The number of aromatic nitrogens is 1. The van der Waals surface area contributed by atoms with Crippen LogP contribution in [0.2, 0.25) is 0 Å². The average molecular weight is 372 g/mol. The lowest BCUT2D eigenvalue weighted by atomic mass is 10.0. The fourth-order valence-electron chi connectivity index (χ4n) is 2.07. The van der Waals surface area contributed by atoms with Gasteiger partial charge in [0.25, 0.3) is 9.70 Å². The second-order valence-electron chi connectivity index (χ2n) is 4.52. The first-order valence-electron chi connectivity index (χ1n) is 6.27. The number of carbonyl (C=O) groups excluding carboxylic acids is 1. The average Bonchev–Trinajstić information content (AvgIpc) is 2.94. The molecule has 0 radical (unpaired) electrons. The maximum Gasteiger partial charge on any atom is 0.278 e. The van der Waals surface area contributed by atoms with Gasteiger partial charge >= 0.3 is 0 Å². The second-order valence-corrected chi connectivity index (χ2v) is 7.66. The highest BCUT2D eigenvalue weighted by Crippen LogP contribution is 2.32. The van der Waals surface area contributed by atoms with E-state index in [1.54, 1.807) is 0 Å². The molecule has 2 aromatic carbocycles. The molecule has 0 bridgehead atoms. The summed E-state index contributed by atoms with van der Waals surface area (Å²) in [6.07, 6.45) is 0. The van der Waals surface area contributed by atoms with Crippen LogP contribution in [0.25, 0.3) is 22.0 Å². The molecule has 7 heteroatoms. The van der Waals surface area contributed by atoms with Gasteiger partial charge in [-0.15, -0.1) is 11.3 Å². The Hall–Kier alpha value is -1.33. The molecule has 3 aromatic rings. The number of thiazole rings is 1. The fraction of sp³-hybridized carbons (Fsp3) is 0.0667. The van der Waals surface area contributed by atoms with Crippen molar-refractivity contribution >= 4 is 68.0 Å². The van der Waals surface area contributed by atoms with E-state index < -0.39 is 9.70 Å². The third-order valence-electron chi connectivity index (χ3n) is 3.05. The largest absolute Gasteiger partial charge is 0.298 e. The van der Waals surface area contributed by atoms with Gasteiger partial charge in [-0.05, 0) is 10.8 Å². The van der Waals surface area contributed by atoms with Crippen LogP contribution < -0.4 is 5.32 Å². The molecule has 0 unspecified atom stereocenters. The molecule has 3 rings (SSSR count). The van der Waals surface area contributed by atoms with E-state index in [0.717, 1.165) is 22.0 Å². The highest BCUT2D eigenvalue weighted by Gasteiger charge is 2.31. The van der Waals surface area contributed by atoms with E-state index in [4.69, 9.17) is 34.8 Å². The van der Waals surface area contributed by atoms with Gasteiger partial charge in [-0.2, -0.15) is 0 Å². The van der Waals surface area contributed by atoms with E-state index in [0.29, 0.717) is 5.13 Å². The molecule has 1 heterocycles. The summed E-state index contributed by atoms with van der Waals surface area (Å²) in [5.41, 5.74) is 1.75. The third-order valence-corrected chi connectivity index (χ3v) is 4.32. The molecule has 1 amide bonds. The van der Waals surface area contributed by atoms with Crippen molar-refractivity contribution in [2.45, 2.75) is 3.79 Å². The number of hydrogen-bond donors (Lipinski definition) is 1. The Labute approximate surface area is 145 Å². The van der Waals surface area contributed by atoms with Gasteiger partial charge in [0.2, 0.25) is 0 Å². The van der Waals surface area contributed by atoms with E-state index in [9.17, 15) is 4.79 Å². The monoisotopic (exact) mass is 370 g/mol. The van der Waals surface area contributed by atoms with Crippen molar-refractivity contribution in [1.82, 2.24) is 4.98 Å². The summed E-state index contributed by atoms with van der Waals surface area (Å²) in [4.78, 5) is 16.0. The normalized spacial score (nSPS) is 11.6. The molecule has 112 valence electrons. The summed E-state index contributed by atoms with van der Waals surface area (Å²) in [7, 11) is 0. The minimum Gasteiger partial charge on any atom is -0.298 e. The summed E-state index contributed by atoms with van der Waals surface area (Å²) in [5.74, 6) is -0.726. The van der Waals surface area contributed by atoms with Crippen LogP contribution in [0.1, 0.15) is 0 Å². The summed E-state index contributed by atoms with van der Waals surface area (Å²) in [6, 6.07) is 14.0. The van der Waals surface area contributed by atoms with Crippen LogP contribution in [0.15, 0.2) is 47.8 Å². The Bertz CT molecular complexity index is 837. The van der Waals surface area contributed by atoms with Crippen molar-refractivity contribution in [2.75, 3.05) is 5.32 Å². The molecule has 0 aliphatic heterocycles. The molecule has 22 heavy (non-hydrogen) atoms. The number of carbonyl (C=O) groups is 1. The number of anilines is 1. The smallest absolute Gasteiger partial charge is 0.278 e. The predicted molar refractivity (Wildman–Crippen MR) is 94.0 cm³/mol. The van der Waals surface area contributed by atoms with E-state index in [-0.39, 0.29) is 0 Å². The second kappa shape index (κ2) is 6.05. The number of hydrogen-bond acceptors (Lipinski definition) is 3. The van der Waals surface area contributed by atoms with E-state index >= 15 is 0 Å². The minimum atomic E-state index is -2.01. The number of rotatable bonds is 2. The van der Waals surface area contributed by atoms with Gasteiger partial charge in [0.1, 0.15) is 0 Å². The maximum absolute atomic E-state index is 11.7. The van der Waals surface area contributed by atoms with Crippen molar-refractivity contribution in [1.29, 1.82) is 0 Å². The number of alkyl halides is 3. The van der Waals surface area contributed by atoms with Crippen molar-refractivity contribution in [3.63, 3.8) is 0 Å². The molecular weight excluding hydrogens is 363 g/mol. The van der Waals surface area contributed by atoms with Crippen LogP contribution in [0.5, 0.6) is 0 Å². The molecule has 3 nitrogen and oxygen atoms in total. The Balaban J connectivity index is 1.95. The lowest BCUT2D eigenvalue weighted by Crippen LogP contribution is -2.26. The first-order valence-corrected chi connectivity index (χ1v) is 8.28. The van der Waals surface area contributed by atoms with E-state index in [1.807, 2.05) is 47.8 Å². The molecule has 0 fully saturated rings. The van der Waals surface area contributed by atoms with Gasteiger partial charge in [0, 0.05) is 10.9 Å². The van der Waals surface area contributed by atoms with Crippen LogP contribution in [0.3, 0.4) is 0 Å². The first-order chi connectivity index (χ1) is 10.4. The molecule has 0 atom stereocenters. The molecule has 1 aromatic heterocycles.